The van der Waals surface area contributed by atoms with Crippen molar-refractivity contribution in [2.45, 2.75) is 13.5 Å². The first-order valence-electron chi connectivity index (χ1n) is 9.02. The van der Waals surface area contributed by atoms with Gasteiger partial charge in [-0.1, -0.05) is 13.0 Å². The van der Waals surface area contributed by atoms with Gasteiger partial charge in [-0.2, -0.15) is 0 Å². The molecule has 0 saturated heterocycles. The molecule has 8 heteroatoms. The molecule has 0 fully saturated rings. The molecular formula is C20H26N4O3S. The molecular weight excluding hydrogens is 376 g/mol. The summed E-state index contributed by atoms with van der Waals surface area (Å²) in [5.74, 6) is -0.419. The highest BCUT2D eigenvalue weighted by Gasteiger charge is 2.14. The molecule has 0 unspecified atom stereocenters. The van der Waals surface area contributed by atoms with E-state index in [4.69, 9.17) is 0 Å². The summed E-state index contributed by atoms with van der Waals surface area (Å²) in [5, 5.41) is 7.62. The summed E-state index contributed by atoms with van der Waals surface area (Å²) in [6.45, 7) is 3.25. The third-order valence-electron chi connectivity index (χ3n) is 4.04. The van der Waals surface area contributed by atoms with E-state index in [2.05, 4.69) is 10.6 Å². The van der Waals surface area contributed by atoms with Crippen LogP contribution in [0.15, 0.2) is 41.8 Å². The van der Waals surface area contributed by atoms with Crippen LogP contribution in [-0.4, -0.2) is 61.3 Å². The summed E-state index contributed by atoms with van der Waals surface area (Å²) in [7, 11) is 3.38. The van der Waals surface area contributed by atoms with Crippen LogP contribution >= 0.6 is 11.3 Å². The molecule has 0 aliphatic heterocycles. The van der Waals surface area contributed by atoms with Crippen molar-refractivity contribution in [3.05, 3.63) is 52.2 Å². The highest BCUT2D eigenvalue weighted by molar-refractivity contribution is 7.09. The third-order valence-corrected chi connectivity index (χ3v) is 4.92. The molecule has 0 aliphatic rings. The molecule has 150 valence electrons. The van der Waals surface area contributed by atoms with Gasteiger partial charge >= 0.3 is 0 Å². The van der Waals surface area contributed by atoms with Crippen molar-refractivity contribution in [3.8, 4) is 0 Å². The van der Waals surface area contributed by atoms with Crippen molar-refractivity contribution < 1.29 is 14.4 Å². The molecule has 0 spiro atoms. The Morgan fingerprint density at radius 1 is 1.00 bits per heavy atom. The normalized spacial score (nSPS) is 10.6. The molecule has 3 amide bonds. The highest BCUT2D eigenvalue weighted by atomic mass is 32.1. The maximum absolute atomic E-state index is 12.3. The molecule has 7 nitrogen and oxygen atoms in total. The molecule has 0 atom stereocenters. The second-order valence-corrected chi connectivity index (χ2v) is 7.52. The van der Waals surface area contributed by atoms with Gasteiger partial charge < -0.3 is 15.5 Å². The number of likely N-dealkylation sites (N-methyl/N-ethyl adjacent to an activating group) is 1. The van der Waals surface area contributed by atoms with Crippen LogP contribution in [0.2, 0.25) is 0 Å². The number of nitrogens with zero attached hydrogens (tertiary/aromatic N) is 2. The fourth-order valence-corrected chi connectivity index (χ4v) is 3.14. The van der Waals surface area contributed by atoms with Crippen LogP contribution in [0.4, 0.5) is 5.69 Å². The summed E-state index contributed by atoms with van der Waals surface area (Å²) < 4.78 is 0. The number of benzene rings is 1. The van der Waals surface area contributed by atoms with Crippen LogP contribution in [0, 0.1) is 0 Å². The van der Waals surface area contributed by atoms with Gasteiger partial charge in [0.25, 0.3) is 5.91 Å². The predicted octanol–water partition coefficient (Wildman–Crippen LogP) is 2.03. The molecule has 2 rings (SSSR count). The minimum Gasteiger partial charge on any atom is -0.350 e. The van der Waals surface area contributed by atoms with E-state index in [1.807, 2.05) is 24.4 Å². The summed E-state index contributed by atoms with van der Waals surface area (Å²) in [6, 6.07) is 10.6. The van der Waals surface area contributed by atoms with Gasteiger partial charge in [0.05, 0.1) is 19.6 Å². The molecule has 1 aromatic heterocycles. The number of amides is 3. The van der Waals surface area contributed by atoms with Gasteiger partial charge in [-0.05, 0) is 42.3 Å². The first-order chi connectivity index (χ1) is 13.4. The lowest BCUT2D eigenvalue weighted by Gasteiger charge is -2.19. The lowest BCUT2D eigenvalue weighted by atomic mass is 10.2. The fourth-order valence-electron chi connectivity index (χ4n) is 2.50. The molecule has 2 N–H and O–H groups in total. The largest absolute Gasteiger partial charge is 0.350 e. The average Bonchev–Trinajstić information content (AvgIpc) is 3.19. The van der Waals surface area contributed by atoms with Gasteiger partial charge in [0.1, 0.15) is 0 Å². The van der Waals surface area contributed by atoms with Crippen molar-refractivity contribution in [2.75, 3.05) is 39.0 Å². The Hall–Kier alpha value is -2.71. The summed E-state index contributed by atoms with van der Waals surface area (Å²) in [5.41, 5.74) is 1.17. The molecule has 2 aromatic rings. The van der Waals surface area contributed by atoms with Gasteiger partial charge in [-0.15, -0.1) is 11.3 Å². The van der Waals surface area contributed by atoms with Gasteiger partial charge in [0.2, 0.25) is 11.8 Å². The zero-order valence-electron chi connectivity index (χ0n) is 16.4. The van der Waals surface area contributed by atoms with Gasteiger partial charge in [0, 0.05) is 30.2 Å². The minimum absolute atomic E-state index is 0.0939. The van der Waals surface area contributed by atoms with Gasteiger partial charge in [-0.25, -0.2) is 0 Å². The first-order valence-corrected chi connectivity index (χ1v) is 9.90. The molecule has 0 aliphatic carbocycles. The lowest BCUT2D eigenvalue weighted by molar-refractivity contribution is -0.123. The van der Waals surface area contributed by atoms with Crippen LogP contribution in [0.3, 0.4) is 0 Å². The third kappa shape index (κ3) is 6.79. The fraction of sp³-hybridized carbons (Fsp3) is 0.350. The Balaban J connectivity index is 1.81. The van der Waals surface area contributed by atoms with Crippen LogP contribution in [-0.2, 0) is 16.1 Å². The molecule has 0 saturated carbocycles. The van der Waals surface area contributed by atoms with Crippen LogP contribution < -0.4 is 10.6 Å². The zero-order valence-corrected chi connectivity index (χ0v) is 17.2. The van der Waals surface area contributed by atoms with E-state index in [1.165, 1.54) is 4.90 Å². The molecule has 0 bridgehead atoms. The summed E-state index contributed by atoms with van der Waals surface area (Å²) in [6.07, 6.45) is 0. The van der Waals surface area contributed by atoms with Gasteiger partial charge in [-0.3, -0.25) is 19.3 Å². The summed E-state index contributed by atoms with van der Waals surface area (Å²) in [4.78, 5) is 40.6. The second kappa shape index (κ2) is 10.6. The Kier molecular flexibility index (Phi) is 8.16. The highest BCUT2D eigenvalue weighted by Crippen LogP contribution is 2.11. The number of carbonyl (C=O) groups excluding carboxylic acids is 3. The lowest BCUT2D eigenvalue weighted by Crippen LogP contribution is -2.40. The van der Waals surface area contributed by atoms with E-state index >= 15 is 0 Å². The topological polar surface area (TPSA) is 81.8 Å². The average molecular weight is 403 g/mol. The molecule has 28 heavy (non-hydrogen) atoms. The number of hydrogen-bond donors (Lipinski definition) is 2. The van der Waals surface area contributed by atoms with E-state index in [1.54, 1.807) is 54.6 Å². The van der Waals surface area contributed by atoms with E-state index < -0.39 is 0 Å². The number of thiophene rings is 1. The van der Waals surface area contributed by atoms with Crippen molar-refractivity contribution in [1.29, 1.82) is 0 Å². The zero-order chi connectivity index (χ0) is 20.5. The minimum atomic E-state index is -0.209. The Bertz CT molecular complexity index is 788. The summed E-state index contributed by atoms with van der Waals surface area (Å²) >= 11 is 1.59. The van der Waals surface area contributed by atoms with Crippen LogP contribution in [0.25, 0.3) is 0 Å². The van der Waals surface area contributed by atoms with Crippen LogP contribution in [0.5, 0.6) is 0 Å². The van der Waals surface area contributed by atoms with E-state index in [9.17, 15) is 14.4 Å². The van der Waals surface area contributed by atoms with E-state index in [-0.39, 0.29) is 30.8 Å². The van der Waals surface area contributed by atoms with Crippen molar-refractivity contribution in [2.24, 2.45) is 0 Å². The van der Waals surface area contributed by atoms with Crippen molar-refractivity contribution in [1.82, 2.24) is 15.1 Å². The Labute approximate surface area is 169 Å². The maximum Gasteiger partial charge on any atom is 0.253 e. The van der Waals surface area contributed by atoms with Crippen LogP contribution in [0.1, 0.15) is 22.2 Å². The number of rotatable bonds is 9. The van der Waals surface area contributed by atoms with E-state index in [0.717, 1.165) is 4.88 Å². The Morgan fingerprint density at radius 3 is 2.25 bits per heavy atom. The van der Waals surface area contributed by atoms with Gasteiger partial charge in [0.15, 0.2) is 0 Å². The van der Waals surface area contributed by atoms with Crippen molar-refractivity contribution >= 4 is 34.7 Å². The number of nitrogens with one attached hydrogen (secondary N) is 2. The number of hydrogen-bond acceptors (Lipinski definition) is 5. The maximum atomic E-state index is 12.3. The number of anilines is 1. The SMILES string of the molecule is CCN(CC(=O)NCc1cccs1)CC(=O)Nc1ccc(C(=O)N(C)C)cc1. The molecule has 1 aromatic carbocycles. The number of carbonyl (C=O) groups is 3. The quantitative estimate of drug-likeness (QED) is 0.672. The van der Waals surface area contributed by atoms with E-state index in [0.29, 0.717) is 24.3 Å². The first kappa shape index (κ1) is 21.6. The Morgan fingerprint density at radius 2 is 1.68 bits per heavy atom. The monoisotopic (exact) mass is 402 g/mol. The van der Waals surface area contributed by atoms with Crippen molar-refractivity contribution in [3.63, 3.8) is 0 Å². The molecule has 1 heterocycles. The standard InChI is InChI=1S/C20H26N4O3S/c1-4-24(13-18(25)21-12-17-6-5-11-28-17)14-19(26)22-16-9-7-15(8-10-16)20(27)23(2)3/h5-11H,4,12-14H2,1-3H3,(H,21,25)(H,22,26). The predicted molar refractivity (Wildman–Crippen MR) is 111 cm³/mol. The second-order valence-electron chi connectivity index (χ2n) is 6.48. The molecule has 0 radical (unpaired) electrons. The smallest absolute Gasteiger partial charge is 0.253 e.